The Morgan fingerprint density at radius 2 is 1.69 bits per heavy atom. The molecule has 2 aliphatic heterocycles. The summed E-state index contributed by atoms with van der Waals surface area (Å²) in [6.45, 7) is 0.0948. The van der Waals surface area contributed by atoms with Crippen molar-refractivity contribution >= 4 is 23.5 Å². The highest BCUT2D eigenvalue weighted by Crippen LogP contribution is 2.50. The summed E-state index contributed by atoms with van der Waals surface area (Å²) in [5.41, 5.74) is 0.619. The number of nitrogens with zero attached hydrogens (tertiary/aromatic N) is 1. The summed E-state index contributed by atoms with van der Waals surface area (Å²) in [6.07, 6.45) is 3.23. The van der Waals surface area contributed by atoms with Gasteiger partial charge in [0.25, 0.3) is 5.91 Å². The molecule has 9 nitrogen and oxygen atoms in total. The molecule has 0 aromatic heterocycles. The Kier molecular flexibility index (Phi) is 6.51. The van der Waals surface area contributed by atoms with Crippen molar-refractivity contribution in [2.75, 3.05) is 19.7 Å². The number of amides is 3. The molecule has 3 unspecified atom stereocenters. The molecule has 0 spiro atoms. The normalized spacial score (nSPS) is 26.9. The molecule has 5 atom stereocenters. The van der Waals surface area contributed by atoms with Crippen LogP contribution in [0, 0.1) is 17.8 Å². The van der Waals surface area contributed by atoms with Gasteiger partial charge in [-0.05, 0) is 48.6 Å². The first-order valence-electron chi connectivity index (χ1n) is 13.8. The minimum atomic E-state index is -1.94. The molecule has 3 fully saturated rings. The van der Waals surface area contributed by atoms with Crippen molar-refractivity contribution in [2.24, 2.45) is 17.8 Å². The molecule has 0 radical (unpaired) electrons. The van der Waals surface area contributed by atoms with Crippen LogP contribution in [0.4, 0.5) is 0 Å². The second-order valence-electron chi connectivity index (χ2n) is 11.3. The van der Waals surface area contributed by atoms with Crippen LogP contribution in [0.1, 0.15) is 43.2 Å². The van der Waals surface area contributed by atoms with Crippen molar-refractivity contribution < 1.29 is 29.4 Å². The maximum atomic E-state index is 14.4. The van der Waals surface area contributed by atoms with Crippen molar-refractivity contribution in [3.8, 4) is 11.1 Å². The highest BCUT2D eigenvalue weighted by molar-refractivity contribution is 6.01. The van der Waals surface area contributed by atoms with Gasteiger partial charge in [0.15, 0.2) is 11.4 Å². The SMILES string of the molecule is O=C1NCCC1CC(NC(=O)C1[C@@H]2CCC[C@@H]2CN1C(=O)C1(O)c2ccccc2-c2ccccc21)C(=O)CO. The first-order valence-corrected chi connectivity index (χ1v) is 13.8. The summed E-state index contributed by atoms with van der Waals surface area (Å²) in [4.78, 5) is 54.5. The van der Waals surface area contributed by atoms with Crippen LogP contribution in [-0.2, 0) is 24.8 Å². The number of ketones is 1. The number of benzene rings is 2. The molecular weight excluding hydrogens is 498 g/mol. The van der Waals surface area contributed by atoms with Crippen LogP contribution in [0.2, 0.25) is 0 Å². The molecule has 4 aliphatic rings. The molecule has 4 N–H and O–H groups in total. The zero-order valence-corrected chi connectivity index (χ0v) is 21.6. The molecule has 1 saturated carbocycles. The molecule has 6 rings (SSSR count). The van der Waals surface area contributed by atoms with Gasteiger partial charge in [0, 0.05) is 30.1 Å². The molecular formula is C30H33N3O6. The molecule has 9 heteroatoms. The minimum Gasteiger partial charge on any atom is -0.389 e. The van der Waals surface area contributed by atoms with E-state index in [0.29, 0.717) is 30.6 Å². The van der Waals surface area contributed by atoms with Gasteiger partial charge in [-0.25, -0.2) is 0 Å². The van der Waals surface area contributed by atoms with Crippen molar-refractivity contribution in [3.63, 3.8) is 0 Å². The van der Waals surface area contributed by atoms with Crippen LogP contribution in [0.15, 0.2) is 48.5 Å². The standard InChI is InChI=1S/C30H33N3O6/c34-16-25(35)24(14-17-12-13-31-27(17)36)32-28(37)26-19-9-5-6-18(19)15-33(26)29(38)30(39)22-10-3-1-7-20(22)21-8-2-4-11-23(21)30/h1-4,7-8,10-11,17-19,24,26,34,39H,5-6,9,12-16H2,(H,31,36)(H,32,37)/t17?,18-,19-,24?,26?/m1/s1. The van der Waals surface area contributed by atoms with Crippen LogP contribution in [0.3, 0.4) is 0 Å². The fraction of sp³-hybridized carbons (Fsp3) is 0.467. The molecule has 204 valence electrons. The number of carbonyl (C=O) groups is 4. The van der Waals surface area contributed by atoms with E-state index in [9.17, 15) is 29.4 Å². The average Bonchev–Trinajstić information content (AvgIpc) is 3.71. The number of rotatable bonds is 7. The quantitative estimate of drug-likeness (QED) is 0.423. The van der Waals surface area contributed by atoms with E-state index in [1.165, 1.54) is 4.90 Å². The fourth-order valence-electron chi connectivity index (χ4n) is 7.29. The van der Waals surface area contributed by atoms with Gasteiger partial charge < -0.3 is 25.7 Å². The average molecular weight is 532 g/mol. The predicted octanol–water partition coefficient (Wildman–Crippen LogP) is 1.10. The number of aliphatic hydroxyl groups excluding tert-OH is 1. The van der Waals surface area contributed by atoms with Gasteiger partial charge in [-0.2, -0.15) is 0 Å². The Labute approximate surface area is 226 Å². The third-order valence-electron chi connectivity index (χ3n) is 9.20. The number of fused-ring (bicyclic) bond motifs is 4. The lowest BCUT2D eigenvalue weighted by Crippen LogP contribution is -2.57. The first kappa shape index (κ1) is 25.7. The number of aliphatic hydroxyl groups is 2. The highest BCUT2D eigenvalue weighted by Gasteiger charge is 2.56. The van der Waals surface area contributed by atoms with Crippen molar-refractivity contribution in [1.29, 1.82) is 0 Å². The van der Waals surface area contributed by atoms with Gasteiger partial charge in [0.1, 0.15) is 12.6 Å². The van der Waals surface area contributed by atoms with Gasteiger partial charge in [-0.3, -0.25) is 19.2 Å². The van der Waals surface area contributed by atoms with Crippen LogP contribution >= 0.6 is 0 Å². The van der Waals surface area contributed by atoms with Crippen molar-refractivity contribution in [1.82, 2.24) is 15.5 Å². The summed E-state index contributed by atoms with van der Waals surface area (Å²) >= 11 is 0. The molecule has 2 heterocycles. The second-order valence-corrected chi connectivity index (χ2v) is 11.3. The van der Waals surface area contributed by atoms with Crippen LogP contribution in [0.5, 0.6) is 0 Å². The largest absolute Gasteiger partial charge is 0.389 e. The van der Waals surface area contributed by atoms with Crippen LogP contribution < -0.4 is 10.6 Å². The van der Waals surface area contributed by atoms with E-state index in [1.807, 2.05) is 24.3 Å². The summed E-state index contributed by atoms with van der Waals surface area (Å²) in [5, 5.41) is 27.3. The summed E-state index contributed by atoms with van der Waals surface area (Å²) < 4.78 is 0. The number of likely N-dealkylation sites (tertiary alicyclic amines) is 1. The molecule has 3 amide bonds. The highest BCUT2D eigenvalue weighted by atomic mass is 16.3. The summed E-state index contributed by atoms with van der Waals surface area (Å²) in [5.74, 6) is -2.18. The topological polar surface area (TPSA) is 136 Å². The smallest absolute Gasteiger partial charge is 0.264 e. The van der Waals surface area contributed by atoms with Crippen LogP contribution in [-0.4, -0.2) is 70.4 Å². The second kappa shape index (κ2) is 9.88. The number of carbonyl (C=O) groups excluding carboxylic acids is 4. The van der Waals surface area contributed by atoms with Gasteiger partial charge in [0.2, 0.25) is 11.8 Å². The fourth-order valence-corrected chi connectivity index (χ4v) is 7.29. The first-order chi connectivity index (χ1) is 18.8. The maximum absolute atomic E-state index is 14.4. The van der Waals surface area contributed by atoms with E-state index < -0.39 is 47.8 Å². The van der Waals surface area contributed by atoms with Gasteiger partial charge >= 0.3 is 0 Å². The van der Waals surface area contributed by atoms with Crippen molar-refractivity contribution in [2.45, 2.75) is 49.8 Å². The van der Waals surface area contributed by atoms with Gasteiger partial charge in [0.05, 0.1) is 6.04 Å². The van der Waals surface area contributed by atoms with E-state index >= 15 is 0 Å². The zero-order valence-electron chi connectivity index (χ0n) is 21.6. The lowest BCUT2D eigenvalue weighted by atomic mass is 9.88. The van der Waals surface area contributed by atoms with E-state index in [-0.39, 0.29) is 24.2 Å². The van der Waals surface area contributed by atoms with E-state index in [4.69, 9.17) is 0 Å². The Balaban J connectivity index is 1.32. The molecule has 2 saturated heterocycles. The minimum absolute atomic E-state index is 0.0934. The number of Topliss-reactive ketones (excluding diaryl/α,β-unsaturated/α-hetero) is 1. The molecule has 2 aromatic rings. The Bertz CT molecular complexity index is 1300. The van der Waals surface area contributed by atoms with Gasteiger partial charge in [-0.1, -0.05) is 55.0 Å². The number of hydrogen-bond donors (Lipinski definition) is 4. The summed E-state index contributed by atoms with van der Waals surface area (Å²) in [6, 6.07) is 12.7. The third-order valence-corrected chi connectivity index (χ3v) is 9.20. The van der Waals surface area contributed by atoms with Crippen molar-refractivity contribution in [3.05, 3.63) is 59.7 Å². The lowest BCUT2D eigenvalue weighted by molar-refractivity contribution is -0.152. The maximum Gasteiger partial charge on any atom is 0.264 e. The predicted molar refractivity (Wildman–Crippen MR) is 141 cm³/mol. The third kappa shape index (κ3) is 4.06. The zero-order chi connectivity index (χ0) is 27.3. The Morgan fingerprint density at radius 1 is 1.03 bits per heavy atom. The summed E-state index contributed by atoms with van der Waals surface area (Å²) in [7, 11) is 0. The Morgan fingerprint density at radius 3 is 2.31 bits per heavy atom. The molecule has 39 heavy (non-hydrogen) atoms. The molecule has 0 bridgehead atoms. The lowest BCUT2D eigenvalue weighted by Gasteiger charge is -2.34. The number of nitrogens with one attached hydrogen (secondary N) is 2. The van der Waals surface area contributed by atoms with Gasteiger partial charge in [-0.15, -0.1) is 0 Å². The monoisotopic (exact) mass is 531 g/mol. The molecule has 2 aliphatic carbocycles. The number of hydrogen-bond acceptors (Lipinski definition) is 6. The van der Waals surface area contributed by atoms with E-state index in [0.717, 1.165) is 30.4 Å². The Hall–Kier alpha value is -3.56. The van der Waals surface area contributed by atoms with Crippen LogP contribution in [0.25, 0.3) is 11.1 Å². The molecule has 2 aromatic carbocycles. The van der Waals surface area contributed by atoms with E-state index in [2.05, 4.69) is 10.6 Å². The van der Waals surface area contributed by atoms with E-state index in [1.54, 1.807) is 24.3 Å².